The van der Waals surface area contributed by atoms with Gasteiger partial charge in [0.05, 0.1) is 22.8 Å². The Morgan fingerprint density at radius 2 is 1.33 bits per heavy atom. The average molecular weight is 648 g/mol. The predicted octanol–water partition coefficient (Wildman–Crippen LogP) is 6.58. The average Bonchev–Trinajstić information content (AvgIpc) is 3.63. The van der Waals surface area contributed by atoms with Crippen molar-refractivity contribution in [2.45, 2.75) is 53.4 Å². The fourth-order valence-electron chi connectivity index (χ4n) is 5.73. The summed E-state index contributed by atoms with van der Waals surface area (Å²) in [6.07, 6.45) is 2.06. The maximum atomic E-state index is 11.5. The molecule has 3 N–H and O–H groups in total. The second-order valence-corrected chi connectivity index (χ2v) is 10.9. The fourth-order valence-corrected chi connectivity index (χ4v) is 5.73. The molecule has 234 valence electrons. The van der Waals surface area contributed by atoms with Gasteiger partial charge in [0, 0.05) is 41.0 Å². The summed E-state index contributed by atoms with van der Waals surface area (Å²) in [5, 5.41) is 28.4. The van der Waals surface area contributed by atoms with Crippen molar-refractivity contribution in [1.29, 1.82) is 0 Å². The SMILES string of the molecule is C=CC1=C(C)c2cc3[n-]c(cc4nc(cc5[n-]c(cc1n2)c(C)c5CCC(=O)O)C(CCC(=O)O)=C4C)c(C)c3C(=C)OO.[Fe]. The number of carboxylic acids is 2. The third-order valence-corrected chi connectivity index (χ3v) is 8.20. The number of rotatable bonds is 9. The number of allylic oxidation sites excluding steroid dienone is 5. The smallest absolute Gasteiger partial charge is 0.303 e. The number of aryl methyl sites for hydroxylation is 3. The number of carbonyl (C=O) groups is 2. The van der Waals surface area contributed by atoms with Crippen LogP contribution in [0.3, 0.4) is 0 Å². The second-order valence-electron chi connectivity index (χ2n) is 10.9. The molecule has 0 fully saturated rings. The molecule has 5 rings (SSSR count). The summed E-state index contributed by atoms with van der Waals surface area (Å²) in [6, 6.07) is 7.26. The molecule has 0 spiro atoms. The van der Waals surface area contributed by atoms with Crippen LogP contribution in [0.4, 0.5) is 0 Å². The van der Waals surface area contributed by atoms with Crippen molar-refractivity contribution in [3.05, 3.63) is 88.5 Å². The molecule has 0 radical (unpaired) electrons. The van der Waals surface area contributed by atoms with Gasteiger partial charge in [-0.2, -0.15) is 0 Å². The Kier molecular flexibility index (Phi) is 9.67. The molecule has 0 saturated carbocycles. The standard InChI is InChI=1S/C34H34N4O6.Fe/c1-7-21-16(2)26-14-31-34(20(6)44-43)19(5)27(38-31)12-24-17(3)22(8-10-32(39)40)29(36-24)15-30-23(9-11-33(41)42)18(4)25(37-30)13-28(21)35-26;/h7,12-15H,1,6,8-11H2,2-5H3,(H5,35,36,37,38,39,40,41,42,43);/p-2. The molecule has 2 aliphatic heterocycles. The minimum absolute atomic E-state index is 0. The largest absolute Gasteiger partial charge is 0.657 e. The van der Waals surface area contributed by atoms with Crippen molar-refractivity contribution in [2.24, 2.45) is 0 Å². The number of hydrogen-bond acceptors (Lipinski definition) is 6. The van der Waals surface area contributed by atoms with E-state index in [-0.39, 0.29) is 48.5 Å². The first kappa shape index (κ1) is 33.2. The van der Waals surface area contributed by atoms with Crippen LogP contribution in [0.1, 0.15) is 78.1 Å². The van der Waals surface area contributed by atoms with Crippen molar-refractivity contribution in [2.75, 3.05) is 0 Å². The van der Waals surface area contributed by atoms with E-state index < -0.39 is 11.9 Å². The number of nitrogens with zero attached hydrogens (tertiary/aromatic N) is 4. The molecule has 5 heterocycles. The molecule has 8 bridgehead atoms. The van der Waals surface area contributed by atoms with Crippen LogP contribution in [0, 0.1) is 13.8 Å². The third-order valence-electron chi connectivity index (χ3n) is 8.20. The number of fused-ring (bicyclic) bond motifs is 8. The van der Waals surface area contributed by atoms with Gasteiger partial charge in [-0.05, 0) is 57.3 Å². The Morgan fingerprint density at radius 1 is 0.800 bits per heavy atom. The predicted molar refractivity (Wildman–Crippen MR) is 169 cm³/mol. The summed E-state index contributed by atoms with van der Waals surface area (Å²) >= 11 is 0. The van der Waals surface area contributed by atoms with Crippen LogP contribution < -0.4 is 9.97 Å². The third kappa shape index (κ3) is 6.28. The van der Waals surface area contributed by atoms with E-state index in [0.29, 0.717) is 56.0 Å². The van der Waals surface area contributed by atoms with Crippen LogP contribution in [0.25, 0.3) is 50.1 Å². The van der Waals surface area contributed by atoms with Gasteiger partial charge in [-0.3, -0.25) is 9.59 Å². The maximum absolute atomic E-state index is 11.5. The summed E-state index contributed by atoms with van der Waals surface area (Å²) in [5.41, 5.74) is 10.7. The van der Waals surface area contributed by atoms with Gasteiger partial charge in [0.15, 0.2) is 5.76 Å². The Morgan fingerprint density at radius 3 is 1.98 bits per heavy atom. The van der Waals surface area contributed by atoms with Crippen LogP contribution in [0.2, 0.25) is 0 Å². The molecule has 3 aromatic heterocycles. The molecular formula is C34H32FeN4O6-2. The summed E-state index contributed by atoms with van der Waals surface area (Å²) < 4.78 is 0. The Hall–Kier alpha value is -4.70. The summed E-state index contributed by atoms with van der Waals surface area (Å²) in [6.45, 7) is 15.4. The minimum atomic E-state index is -0.933. The quantitative estimate of drug-likeness (QED) is 0.100. The molecule has 0 amide bonds. The van der Waals surface area contributed by atoms with E-state index >= 15 is 0 Å². The summed E-state index contributed by atoms with van der Waals surface area (Å²) in [7, 11) is 0. The van der Waals surface area contributed by atoms with Gasteiger partial charge in [-0.1, -0.05) is 60.2 Å². The van der Waals surface area contributed by atoms with Gasteiger partial charge < -0.3 is 25.1 Å². The first-order chi connectivity index (χ1) is 20.9. The number of carboxylic acid groups (broad SMARTS) is 2. The van der Waals surface area contributed by atoms with Crippen molar-refractivity contribution in [1.82, 2.24) is 19.9 Å². The van der Waals surface area contributed by atoms with E-state index in [1.54, 1.807) is 18.2 Å². The Labute approximate surface area is 270 Å². The molecule has 0 atom stereocenters. The summed E-state index contributed by atoms with van der Waals surface area (Å²) in [5.74, 6) is -1.83. The molecule has 0 aromatic carbocycles. The van der Waals surface area contributed by atoms with Crippen LogP contribution in [-0.4, -0.2) is 37.4 Å². The van der Waals surface area contributed by atoms with E-state index in [9.17, 15) is 25.1 Å². The van der Waals surface area contributed by atoms with E-state index in [1.807, 2.05) is 39.8 Å². The van der Waals surface area contributed by atoms with Crippen LogP contribution in [-0.2, 0) is 38.0 Å². The number of aliphatic carboxylic acids is 2. The molecule has 0 unspecified atom stereocenters. The van der Waals surface area contributed by atoms with Crippen molar-refractivity contribution in [3.8, 4) is 0 Å². The molecule has 45 heavy (non-hydrogen) atoms. The maximum Gasteiger partial charge on any atom is 0.303 e. The first-order valence-corrected chi connectivity index (χ1v) is 14.1. The van der Waals surface area contributed by atoms with Gasteiger partial charge in [-0.25, -0.2) is 15.2 Å². The molecule has 11 heteroatoms. The topological polar surface area (TPSA) is 158 Å². The van der Waals surface area contributed by atoms with Gasteiger partial charge in [0.2, 0.25) is 0 Å². The zero-order valence-electron chi connectivity index (χ0n) is 25.3. The van der Waals surface area contributed by atoms with E-state index in [1.165, 1.54) is 0 Å². The minimum Gasteiger partial charge on any atom is -0.657 e. The zero-order chi connectivity index (χ0) is 31.9. The second kappa shape index (κ2) is 13.1. The molecule has 3 aromatic rings. The monoisotopic (exact) mass is 648 g/mol. The Bertz CT molecular complexity index is 2000. The van der Waals surface area contributed by atoms with Crippen molar-refractivity contribution < 1.29 is 47.0 Å². The first-order valence-electron chi connectivity index (χ1n) is 14.1. The van der Waals surface area contributed by atoms with Gasteiger partial charge in [0.25, 0.3) is 0 Å². The number of aromatic nitrogens is 4. The van der Waals surface area contributed by atoms with Gasteiger partial charge in [0.1, 0.15) is 0 Å². The van der Waals surface area contributed by atoms with Crippen molar-refractivity contribution >= 4 is 62.1 Å². The Balaban J connectivity index is 0.00000461. The molecule has 0 aliphatic carbocycles. The zero-order valence-corrected chi connectivity index (χ0v) is 26.4. The van der Waals surface area contributed by atoms with Gasteiger partial charge in [-0.15, -0.1) is 22.1 Å². The fraction of sp³-hybridized carbons (Fsp3) is 0.235. The molecule has 2 aliphatic rings. The van der Waals surface area contributed by atoms with Crippen LogP contribution in [0.15, 0.2) is 43.5 Å². The van der Waals surface area contributed by atoms with E-state index in [0.717, 1.165) is 33.4 Å². The molecule has 0 saturated heterocycles. The van der Waals surface area contributed by atoms with Crippen molar-refractivity contribution in [3.63, 3.8) is 0 Å². The number of hydrogen-bond donors (Lipinski definition) is 3. The van der Waals surface area contributed by atoms with E-state index in [2.05, 4.69) is 18.0 Å². The van der Waals surface area contributed by atoms with E-state index in [4.69, 9.17) is 19.9 Å². The molecular weight excluding hydrogens is 616 g/mol. The van der Waals surface area contributed by atoms with Crippen LogP contribution in [0.5, 0.6) is 0 Å². The molecule has 10 nitrogen and oxygen atoms in total. The van der Waals surface area contributed by atoms with Gasteiger partial charge >= 0.3 is 11.9 Å². The summed E-state index contributed by atoms with van der Waals surface area (Å²) in [4.78, 5) is 47.1. The van der Waals surface area contributed by atoms with Crippen LogP contribution >= 0.6 is 0 Å². The normalized spacial score (nSPS) is 12.6.